The zero-order valence-electron chi connectivity index (χ0n) is 9.47. The van der Waals surface area contributed by atoms with Crippen molar-refractivity contribution in [2.75, 3.05) is 36.8 Å². The number of pyridine rings is 1. The third kappa shape index (κ3) is 1.97. The van der Waals surface area contributed by atoms with E-state index in [9.17, 15) is 0 Å². The largest absolute Gasteiger partial charge is 0.399 e. The van der Waals surface area contributed by atoms with Crippen molar-refractivity contribution >= 4 is 11.5 Å². The van der Waals surface area contributed by atoms with E-state index in [4.69, 9.17) is 5.73 Å². The summed E-state index contributed by atoms with van der Waals surface area (Å²) in [7, 11) is 0. The molecule has 86 valence electrons. The summed E-state index contributed by atoms with van der Waals surface area (Å²) in [5.74, 6) is 1.02. The predicted octanol–water partition coefficient (Wildman–Crippen LogP) is 0.948. The molecule has 1 aliphatic heterocycles. The summed E-state index contributed by atoms with van der Waals surface area (Å²) in [4.78, 5) is 9.30. The minimum atomic E-state index is 0.801. The normalized spacial score (nSPS) is 22.4. The summed E-state index contributed by atoms with van der Waals surface area (Å²) >= 11 is 0. The topological polar surface area (TPSA) is 45.4 Å². The van der Waals surface area contributed by atoms with Gasteiger partial charge >= 0.3 is 0 Å². The SMILES string of the molecule is Nc1ccnc(N2CCN(C3CC3)CC2)c1. The van der Waals surface area contributed by atoms with Crippen molar-refractivity contribution in [2.45, 2.75) is 18.9 Å². The van der Waals surface area contributed by atoms with E-state index in [0.29, 0.717) is 0 Å². The number of hydrogen-bond donors (Lipinski definition) is 1. The Labute approximate surface area is 96.1 Å². The second kappa shape index (κ2) is 3.94. The third-order valence-corrected chi connectivity index (χ3v) is 3.47. The zero-order chi connectivity index (χ0) is 11.0. The van der Waals surface area contributed by atoms with E-state index in [2.05, 4.69) is 14.8 Å². The van der Waals surface area contributed by atoms with Gasteiger partial charge in [-0.05, 0) is 18.9 Å². The summed E-state index contributed by atoms with van der Waals surface area (Å²) in [6.07, 6.45) is 4.59. The first kappa shape index (κ1) is 9.90. The fraction of sp³-hybridized carbons (Fsp3) is 0.583. The van der Waals surface area contributed by atoms with Crippen molar-refractivity contribution in [1.29, 1.82) is 0 Å². The zero-order valence-corrected chi connectivity index (χ0v) is 9.47. The molecule has 1 aromatic heterocycles. The number of hydrogen-bond acceptors (Lipinski definition) is 4. The van der Waals surface area contributed by atoms with Crippen LogP contribution in [0.5, 0.6) is 0 Å². The van der Waals surface area contributed by atoms with Crippen LogP contribution in [0.1, 0.15) is 12.8 Å². The third-order valence-electron chi connectivity index (χ3n) is 3.47. The minimum absolute atomic E-state index is 0.801. The van der Waals surface area contributed by atoms with Gasteiger partial charge in [0.15, 0.2) is 0 Å². The van der Waals surface area contributed by atoms with E-state index >= 15 is 0 Å². The maximum absolute atomic E-state index is 5.77. The van der Waals surface area contributed by atoms with Crippen LogP contribution in [0.3, 0.4) is 0 Å². The molecule has 0 radical (unpaired) electrons. The molecular weight excluding hydrogens is 200 g/mol. The Morgan fingerprint density at radius 1 is 1.19 bits per heavy atom. The molecule has 2 N–H and O–H groups in total. The van der Waals surface area contributed by atoms with Crippen molar-refractivity contribution in [2.24, 2.45) is 0 Å². The second-order valence-corrected chi connectivity index (χ2v) is 4.70. The molecule has 0 atom stereocenters. The highest BCUT2D eigenvalue weighted by Crippen LogP contribution is 2.28. The van der Waals surface area contributed by atoms with Gasteiger partial charge in [-0.2, -0.15) is 0 Å². The Morgan fingerprint density at radius 3 is 2.56 bits per heavy atom. The van der Waals surface area contributed by atoms with Crippen LogP contribution in [0, 0.1) is 0 Å². The summed E-state index contributed by atoms with van der Waals surface area (Å²) in [5, 5.41) is 0. The van der Waals surface area contributed by atoms with Gasteiger partial charge in [0.05, 0.1) is 0 Å². The molecule has 2 aliphatic rings. The van der Waals surface area contributed by atoms with E-state index in [1.165, 1.54) is 25.9 Å². The minimum Gasteiger partial charge on any atom is -0.399 e. The van der Waals surface area contributed by atoms with E-state index < -0.39 is 0 Å². The lowest BCUT2D eigenvalue weighted by molar-refractivity contribution is 0.247. The molecule has 1 saturated carbocycles. The van der Waals surface area contributed by atoms with Crippen molar-refractivity contribution < 1.29 is 0 Å². The molecule has 3 rings (SSSR count). The lowest BCUT2D eigenvalue weighted by Gasteiger charge is -2.35. The van der Waals surface area contributed by atoms with Gasteiger partial charge in [-0.25, -0.2) is 4.98 Å². The number of anilines is 2. The number of aromatic nitrogens is 1. The monoisotopic (exact) mass is 218 g/mol. The predicted molar refractivity (Wildman–Crippen MR) is 65.5 cm³/mol. The number of nitrogen functional groups attached to an aromatic ring is 1. The van der Waals surface area contributed by atoms with Gasteiger partial charge in [0, 0.05) is 50.2 Å². The quantitative estimate of drug-likeness (QED) is 0.802. The lowest BCUT2D eigenvalue weighted by Crippen LogP contribution is -2.47. The fourth-order valence-corrected chi connectivity index (χ4v) is 2.36. The highest BCUT2D eigenvalue weighted by Gasteiger charge is 2.31. The van der Waals surface area contributed by atoms with Crippen LogP contribution in [0.4, 0.5) is 11.5 Å². The summed E-state index contributed by atoms with van der Waals surface area (Å²) in [6.45, 7) is 4.49. The number of piperazine rings is 1. The Hall–Kier alpha value is -1.29. The van der Waals surface area contributed by atoms with Crippen LogP contribution in [0.25, 0.3) is 0 Å². The average Bonchev–Trinajstić information content (AvgIpc) is 3.13. The standard InChI is InChI=1S/C12H18N4/c13-10-3-4-14-12(9-10)16-7-5-15(6-8-16)11-1-2-11/h3-4,9,11H,1-2,5-8H2,(H2,13,14). The summed E-state index contributed by atoms with van der Waals surface area (Å²) < 4.78 is 0. The molecule has 4 nitrogen and oxygen atoms in total. The van der Waals surface area contributed by atoms with Gasteiger partial charge in [-0.3, -0.25) is 4.90 Å². The molecule has 1 saturated heterocycles. The van der Waals surface area contributed by atoms with Gasteiger partial charge in [-0.15, -0.1) is 0 Å². The maximum Gasteiger partial charge on any atom is 0.130 e. The van der Waals surface area contributed by atoms with Gasteiger partial charge in [0.2, 0.25) is 0 Å². The molecule has 1 aliphatic carbocycles. The first-order chi connectivity index (χ1) is 7.83. The van der Waals surface area contributed by atoms with Gasteiger partial charge < -0.3 is 10.6 Å². The first-order valence-corrected chi connectivity index (χ1v) is 6.03. The number of rotatable bonds is 2. The average molecular weight is 218 g/mol. The van der Waals surface area contributed by atoms with E-state index in [1.54, 1.807) is 6.20 Å². The molecule has 0 spiro atoms. The molecule has 4 heteroatoms. The van der Waals surface area contributed by atoms with Crippen LogP contribution in [-0.4, -0.2) is 42.1 Å². The van der Waals surface area contributed by atoms with Crippen LogP contribution in [0.2, 0.25) is 0 Å². The molecule has 0 bridgehead atoms. The molecule has 2 heterocycles. The van der Waals surface area contributed by atoms with Crippen LogP contribution in [0.15, 0.2) is 18.3 Å². The molecule has 0 aromatic carbocycles. The Morgan fingerprint density at radius 2 is 1.94 bits per heavy atom. The molecule has 16 heavy (non-hydrogen) atoms. The Bertz CT molecular complexity index is 367. The smallest absolute Gasteiger partial charge is 0.130 e. The molecule has 2 fully saturated rings. The van der Waals surface area contributed by atoms with E-state index in [0.717, 1.165) is 30.6 Å². The Balaban J connectivity index is 1.64. The fourth-order valence-electron chi connectivity index (χ4n) is 2.36. The molecule has 1 aromatic rings. The molecule has 0 amide bonds. The van der Waals surface area contributed by atoms with Gasteiger partial charge in [0.25, 0.3) is 0 Å². The molecule has 0 unspecified atom stereocenters. The van der Waals surface area contributed by atoms with Crippen molar-refractivity contribution in [1.82, 2.24) is 9.88 Å². The van der Waals surface area contributed by atoms with Crippen molar-refractivity contribution in [3.63, 3.8) is 0 Å². The maximum atomic E-state index is 5.77. The highest BCUT2D eigenvalue weighted by atomic mass is 15.3. The number of nitrogens with zero attached hydrogens (tertiary/aromatic N) is 3. The lowest BCUT2D eigenvalue weighted by atomic mass is 10.3. The van der Waals surface area contributed by atoms with Crippen LogP contribution in [-0.2, 0) is 0 Å². The highest BCUT2D eigenvalue weighted by molar-refractivity contribution is 5.50. The van der Waals surface area contributed by atoms with Crippen LogP contribution >= 0.6 is 0 Å². The Kier molecular flexibility index (Phi) is 2.44. The van der Waals surface area contributed by atoms with Crippen LogP contribution < -0.4 is 10.6 Å². The van der Waals surface area contributed by atoms with Gasteiger partial charge in [0.1, 0.15) is 5.82 Å². The van der Waals surface area contributed by atoms with E-state index in [-0.39, 0.29) is 0 Å². The molecular formula is C12H18N4. The van der Waals surface area contributed by atoms with Crippen molar-refractivity contribution in [3.8, 4) is 0 Å². The summed E-state index contributed by atoms with van der Waals surface area (Å²) in [6, 6.07) is 4.69. The van der Waals surface area contributed by atoms with Gasteiger partial charge in [-0.1, -0.05) is 0 Å². The van der Waals surface area contributed by atoms with Crippen molar-refractivity contribution in [3.05, 3.63) is 18.3 Å². The summed E-state index contributed by atoms with van der Waals surface area (Å²) in [5.41, 5.74) is 6.57. The van der Waals surface area contributed by atoms with E-state index in [1.807, 2.05) is 12.1 Å². The second-order valence-electron chi connectivity index (χ2n) is 4.70. The number of nitrogens with two attached hydrogens (primary N) is 1. The first-order valence-electron chi connectivity index (χ1n) is 6.03.